The molecule has 1 heterocycles. The molecule has 2 atom stereocenters. The number of carbonyl (C=O) groups excluding carboxylic acids is 3. The van der Waals surface area contributed by atoms with Crippen LogP contribution in [0, 0.1) is 6.92 Å². The van der Waals surface area contributed by atoms with E-state index in [0.29, 0.717) is 6.42 Å². The van der Waals surface area contributed by atoms with Gasteiger partial charge in [-0.25, -0.2) is 9.18 Å². The summed E-state index contributed by atoms with van der Waals surface area (Å²) >= 11 is 0. The third-order valence-corrected chi connectivity index (χ3v) is 5.95. The fourth-order valence-electron chi connectivity index (χ4n) is 4.25. The van der Waals surface area contributed by atoms with Crippen molar-refractivity contribution in [2.24, 2.45) is 0 Å². The average Bonchev–Trinajstić information content (AvgIpc) is 2.76. The predicted octanol–water partition coefficient (Wildman–Crippen LogP) is 4.04. The number of carbonyl (C=O) groups is 3. The lowest BCUT2D eigenvalue weighted by atomic mass is 9.83. The van der Waals surface area contributed by atoms with Crippen molar-refractivity contribution in [2.75, 3.05) is 7.11 Å². The van der Waals surface area contributed by atoms with E-state index < -0.39 is 75.1 Å². The molecule has 0 radical (unpaired) electrons. The lowest BCUT2D eigenvalue weighted by Gasteiger charge is -2.29. The van der Waals surface area contributed by atoms with Crippen molar-refractivity contribution >= 4 is 17.5 Å². The monoisotopic (exact) mass is 476 g/mol. The fourth-order valence-corrected chi connectivity index (χ4v) is 4.25. The van der Waals surface area contributed by atoms with Crippen molar-refractivity contribution < 1.29 is 48.7 Å². The summed E-state index contributed by atoms with van der Waals surface area (Å²) < 4.78 is 24.6. The van der Waals surface area contributed by atoms with Crippen molar-refractivity contribution in [3.05, 3.63) is 22.3 Å². The zero-order valence-corrected chi connectivity index (χ0v) is 19.3. The summed E-state index contributed by atoms with van der Waals surface area (Å²) in [6, 6.07) is 0. The number of alkyl halides is 1. The van der Waals surface area contributed by atoms with Gasteiger partial charge in [0.05, 0.1) is 18.2 Å². The second-order valence-corrected chi connectivity index (χ2v) is 8.14. The lowest BCUT2D eigenvalue weighted by molar-refractivity contribution is -0.142. The van der Waals surface area contributed by atoms with E-state index in [9.17, 15) is 39.2 Å². The quantitative estimate of drug-likeness (QED) is 0.275. The number of aromatic hydroxyl groups is 4. The van der Waals surface area contributed by atoms with Gasteiger partial charge in [0.15, 0.2) is 17.3 Å². The molecule has 0 saturated heterocycles. The van der Waals surface area contributed by atoms with E-state index in [0.717, 1.165) is 6.92 Å². The molecule has 2 unspecified atom stereocenters. The Morgan fingerprint density at radius 1 is 1.03 bits per heavy atom. The van der Waals surface area contributed by atoms with Gasteiger partial charge in [0.1, 0.15) is 39.9 Å². The second kappa shape index (κ2) is 8.85. The Hall–Kier alpha value is -3.82. The van der Waals surface area contributed by atoms with E-state index in [1.54, 1.807) is 6.92 Å². The minimum absolute atomic E-state index is 0.0125. The molecule has 34 heavy (non-hydrogen) atoms. The van der Waals surface area contributed by atoms with E-state index in [1.807, 2.05) is 0 Å². The smallest absolute Gasteiger partial charge is 0.346 e. The molecule has 0 aromatic heterocycles. The largest absolute Gasteiger partial charge is 0.507 e. The van der Waals surface area contributed by atoms with Gasteiger partial charge < -0.3 is 29.9 Å². The van der Waals surface area contributed by atoms with Crippen LogP contribution in [-0.4, -0.2) is 51.2 Å². The van der Waals surface area contributed by atoms with Gasteiger partial charge in [0.2, 0.25) is 6.17 Å². The summed E-state index contributed by atoms with van der Waals surface area (Å²) in [7, 11) is 1.24. The summed E-state index contributed by atoms with van der Waals surface area (Å²) in [5, 5.41) is 44.0. The number of methoxy groups -OCH3 is 1. The highest BCUT2D eigenvalue weighted by Crippen LogP contribution is 2.58. The predicted molar refractivity (Wildman–Crippen MR) is 118 cm³/mol. The maximum Gasteiger partial charge on any atom is 0.346 e. The number of rotatable bonds is 6. The molecule has 0 fully saturated rings. The van der Waals surface area contributed by atoms with Gasteiger partial charge in [0, 0.05) is 23.5 Å². The van der Waals surface area contributed by atoms with Gasteiger partial charge >= 0.3 is 5.97 Å². The molecule has 0 bridgehead atoms. The molecule has 1 aliphatic rings. The van der Waals surface area contributed by atoms with Crippen LogP contribution in [0.2, 0.25) is 0 Å². The number of ketones is 2. The minimum Gasteiger partial charge on any atom is -0.507 e. The number of Topliss-reactive ketones (excluding diaryl/α,β-unsaturated/α-hetero) is 2. The third kappa shape index (κ3) is 3.49. The van der Waals surface area contributed by atoms with Crippen molar-refractivity contribution in [2.45, 2.75) is 52.6 Å². The number of benzene rings is 2. The van der Waals surface area contributed by atoms with Gasteiger partial charge in [-0.15, -0.1) is 0 Å². The molecular formula is C24H25FO9. The van der Waals surface area contributed by atoms with Gasteiger partial charge in [-0.1, -0.05) is 13.8 Å². The van der Waals surface area contributed by atoms with Crippen LogP contribution in [0.3, 0.4) is 0 Å². The van der Waals surface area contributed by atoms with Crippen LogP contribution in [0.5, 0.6) is 34.5 Å². The number of phenols is 4. The number of ether oxygens (including phenoxy) is 2. The number of phenolic OH excluding ortho intramolecular Hbond substituents is 4. The first-order valence-electron chi connectivity index (χ1n) is 10.5. The fraction of sp³-hybridized carbons (Fsp3) is 0.375. The van der Waals surface area contributed by atoms with Crippen LogP contribution in [0.25, 0.3) is 11.1 Å². The van der Waals surface area contributed by atoms with Crippen molar-refractivity contribution in [1.82, 2.24) is 0 Å². The van der Waals surface area contributed by atoms with Crippen molar-refractivity contribution in [3.63, 3.8) is 0 Å². The van der Waals surface area contributed by atoms with E-state index >= 15 is 0 Å². The molecular weight excluding hydrogens is 451 g/mol. The van der Waals surface area contributed by atoms with Gasteiger partial charge in [0.25, 0.3) is 0 Å². The average molecular weight is 476 g/mol. The normalized spacial score (nSPS) is 17.2. The molecule has 0 aliphatic carbocycles. The highest BCUT2D eigenvalue weighted by molar-refractivity contribution is 6.09. The molecule has 0 spiro atoms. The van der Waals surface area contributed by atoms with E-state index in [2.05, 4.69) is 0 Å². The molecule has 0 amide bonds. The molecule has 0 saturated carbocycles. The van der Waals surface area contributed by atoms with Crippen LogP contribution < -0.4 is 9.47 Å². The Morgan fingerprint density at radius 2 is 1.59 bits per heavy atom. The summed E-state index contributed by atoms with van der Waals surface area (Å²) in [5.74, 6) is -7.75. The molecule has 1 aliphatic heterocycles. The van der Waals surface area contributed by atoms with E-state index in [-0.39, 0.29) is 28.9 Å². The Morgan fingerprint density at radius 3 is 2.12 bits per heavy atom. The van der Waals surface area contributed by atoms with E-state index in [1.165, 1.54) is 21.0 Å². The summed E-state index contributed by atoms with van der Waals surface area (Å²) in [6.45, 7) is 5.45. The molecule has 2 aromatic carbocycles. The van der Waals surface area contributed by atoms with Crippen LogP contribution >= 0.6 is 0 Å². The molecule has 182 valence electrons. The number of halogens is 1. The standard InChI is InChI=1S/C24H25FO9/c1-6-7-11(27)14-21(31)15(18(28)9(3)22(14)33-5)16-19(29)12-8(2)17(25)24(32)34-23(12)13(10(4)26)20(16)30/h8,17,28-31H,6-7H2,1-5H3. The van der Waals surface area contributed by atoms with Gasteiger partial charge in [-0.3, -0.25) is 9.59 Å². The lowest BCUT2D eigenvalue weighted by Crippen LogP contribution is -2.33. The first kappa shape index (κ1) is 24.8. The topological polar surface area (TPSA) is 151 Å². The minimum atomic E-state index is -2.18. The maximum absolute atomic E-state index is 14.5. The zero-order chi connectivity index (χ0) is 25.6. The molecule has 3 rings (SSSR count). The van der Waals surface area contributed by atoms with Crippen LogP contribution in [-0.2, 0) is 4.79 Å². The van der Waals surface area contributed by atoms with Crippen molar-refractivity contribution in [1.29, 1.82) is 0 Å². The summed E-state index contributed by atoms with van der Waals surface area (Å²) in [6.07, 6.45) is -1.73. The molecule has 2 aromatic rings. The van der Waals surface area contributed by atoms with Gasteiger partial charge in [-0.2, -0.15) is 0 Å². The zero-order valence-electron chi connectivity index (χ0n) is 19.3. The van der Waals surface area contributed by atoms with Crippen LogP contribution in [0.15, 0.2) is 0 Å². The number of hydrogen-bond acceptors (Lipinski definition) is 9. The molecule has 10 heteroatoms. The van der Waals surface area contributed by atoms with E-state index in [4.69, 9.17) is 9.47 Å². The summed E-state index contributed by atoms with van der Waals surface area (Å²) in [4.78, 5) is 37.1. The molecule has 9 nitrogen and oxygen atoms in total. The Kier molecular flexibility index (Phi) is 6.46. The first-order chi connectivity index (χ1) is 15.9. The highest BCUT2D eigenvalue weighted by atomic mass is 19.1. The number of fused-ring (bicyclic) bond motifs is 1. The third-order valence-electron chi connectivity index (χ3n) is 5.95. The van der Waals surface area contributed by atoms with Crippen LogP contribution in [0.1, 0.15) is 71.4 Å². The number of hydrogen-bond donors (Lipinski definition) is 4. The molecule has 4 N–H and O–H groups in total. The Labute approximate surface area is 194 Å². The summed E-state index contributed by atoms with van der Waals surface area (Å²) in [5.41, 5.74) is -2.32. The Balaban J connectivity index is 2.53. The maximum atomic E-state index is 14.5. The van der Waals surface area contributed by atoms with Crippen molar-refractivity contribution in [3.8, 4) is 45.6 Å². The number of esters is 1. The second-order valence-electron chi connectivity index (χ2n) is 8.14. The van der Waals surface area contributed by atoms with Crippen LogP contribution in [0.4, 0.5) is 4.39 Å². The Bertz CT molecular complexity index is 1230. The first-order valence-corrected chi connectivity index (χ1v) is 10.5. The SMILES string of the molecule is CCCC(=O)c1c(O)c(-c2c(O)c(C(C)=O)c3c(c2O)C(C)C(F)C(=O)O3)c(O)c(C)c1OC. The highest BCUT2D eigenvalue weighted by Gasteiger charge is 2.43. The van der Waals surface area contributed by atoms with Gasteiger partial charge in [-0.05, 0) is 20.3 Å².